The van der Waals surface area contributed by atoms with E-state index in [0.717, 1.165) is 22.3 Å². The first-order valence-corrected chi connectivity index (χ1v) is 17.1. The van der Waals surface area contributed by atoms with E-state index >= 15 is 0 Å². The van der Waals surface area contributed by atoms with Crippen molar-refractivity contribution in [2.24, 2.45) is 0 Å². The minimum Gasteiger partial charge on any atom is -0.507 e. The molecule has 1 amide bonds. The number of rotatable bonds is 9. The Morgan fingerprint density at radius 2 is 1.60 bits per heavy atom. The molecule has 7 nitrogen and oxygen atoms in total. The summed E-state index contributed by atoms with van der Waals surface area (Å²) in [5.74, 6) is -0.487. The lowest BCUT2D eigenvalue weighted by Crippen LogP contribution is -2.29. The van der Waals surface area contributed by atoms with Crippen LogP contribution in [0.5, 0.6) is 5.75 Å². The molecule has 1 unspecified atom stereocenters. The van der Waals surface area contributed by atoms with E-state index in [-0.39, 0.29) is 16.7 Å². The van der Waals surface area contributed by atoms with Crippen LogP contribution in [0.2, 0.25) is 0 Å². The number of aromatic nitrogens is 2. The topological polar surface area (TPSA) is 92.6 Å². The van der Waals surface area contributed by atoms with Crippen molar-refractivity contribution in [2.75, 3.05) is 4.90 Å². The molecule has 1 aliphatic rings. The fraction of sp³-hybridized carbons (Fsp3) is 0.211. The lowest BCUT2D eigenvalue weighted by Gasteiger charge is -2.24. The van der Waals surface area contributed by atoms with E-state index in [1.165, 1.54) is 28.0 Å². The van der Waals surface area contributed by atoms with Crippen LogP contribution in [0.3, 0.4) is 0 Å². The van der Waals surface area contributed by atoms with Crippen molar-refractivity contribution in [3.05, 3.63) is 142 Å². The van der Waals surface area contributed by atoms with E-state index in [2.05, 4.69) is 37.0 Å². The molecule has 1 atom stereocenters. The van der Waals surface area contributed by atoms with Crippen LogP contribution >= 0.6 is 23.1 Å². The number of ketones is 1. The summed E-state index contributed by atoms with van der Waals surface area (Å²) in [6.07, 6.45) is 0. The molecule has 5 aromatic rings. The zero-order valence-corrected chi connectivity index (χ0v) is 28.3. The van der Waals surface area contributed by atoms with Crippen LogP contribution in [0.4, 0.5) is 5.13 Å². The van der Waals surface area contributed by atoms with Crippen LogP contribution in [-0.2, 0) is 27.4 Å². The van der Waals surface area contributed by atoms with E-state index in [0.29, 0.717) is 38.7 Å². The van der Waals surface area contributed by atoms with Gasteiger partial charge in [0.25, 0.3) is 5.78 Å². The number of carbonyl (C=O) groups is 2. The minimum atomic E-state index is -0.888. The molecular formula is C38H35N3O4S2. The SMILES string of the molecule is Cc1cccc(COc2ccc(C(O)=C3C(=O)C(=O)N(c4nnc(SCc5ccccc5)s4)C3c3ccc(C(C)(C)C)cc3)cc2)c1. The molecule has 0 spiro atoms. The Kier molecular flexibility index (Phi) is 9.29. The van der Waals surface area contributed by atoms with Gasteiger partial charge in [-0.15, -0.1) is 10.2 Å². The van der Waals surface area contributed by atoms with Crippen molar-refractivity contribution in [3.63, 3.8) is 0 Å². The summed E-state index contributed by atoms with van der Waals surface area (Å²) in [7, 11) is 0. The Bertz CT molecular complexity index is 1930. The quantitative estimate of drug-likeness (QED) is 0.0556. The summed E-state index contributed by atoms with van der Waals surface area (Å²) in [4.78, 5) is 28.8. The van der Waals surface area contributed by atoms with Gasteiger partial charge in [0.05, 0.1) is 11.6 Å². The fourth-order valence-corrected chi connectivity index (χ4v) is 7.24. The van der Waals surface area contributed by atoms with Gasteiger partial charge >= 0.3 is 5.91 Å². The average molecular weight is 662 g/mol. The maximum Gasteiger partial charge on any atom is 0.301 e. The van der Waals surface area contributed by atoms with Gasteiger partial charge in [-0.3, -0.25) is 14.5 Å². The van der Waals surface area contributed by atoms with Crippen molar-refractivity contribution in [1.29, 1.82) is 0 Å². The molecule has 0 saturated carbocycles. The third kappa shape index (κ3) is 7.16. The van der Waals surface area contributed by atoms with Crippen molar-refractivity contribution in [1.82, 2.24) is 10.2 Å². The van der Waals surface area contributed by atoms with Crippen molar-refractivity contribution >= 4 is 45.7 Å². The minimum absolute atomic E-state index is 0.000580. The summed E-state index contributed by atoms with van der Waals surface area (Å²) in [6, 6.07) is 31.9. The number of carbonyl (C=O) groups excluding carboxylic acids is 2. The summed E-state index contributed by atoms with van der Waals surface area (Å²) < 4.78 is 6.63. The number of hydrogen-bond donors (Lipinski definition) is 1. The molecule has 47 heavy (non-hydrogen) atoms. The molecule has 0 radical (unpaired) electrons. The molecule has 4 aromatic carbocycles. The van der Waals surface area contributed by atoms with Crippen LogP contribution in [0, 0.1) is 6.92 Å². The third-order valence-corrected chi connectivity index (χ3v) is 10.1. The van der Waals surface area contributed by atoms with E-state index in [1.54, 1.807) is 24.3 Å². The molecule has 0 bridgehead atoms. The number of Topliss-reactive ketones (excluding diaryl/α,β-unsaturated/α-hetero) is 1. The van der Waals surface area contributed by atoms with Gasteiger partial charge in [-0.1, -0.05) is 128 Å². The first-order valence-electron chi connectivity index (χ1n) is 15.3. The number of thioether (sulfide) groups is 1. The zero-order valence-electron chi connectivity index (χ0n) is 26.6. The predicted octanol–water partition coefficient (Wildman–Crippen LogP) is 8.64. The molecular weight excluding hydrogens is 627 g/mol. The molecule has 0 aliphatic carbocycles. The molecule has 1 aliphatic heterocycles. The summed E-state index contributed by atoms with van der Waals surface area (Å²) >= 11 is 2.76. The van der Waals surface area contributed by atoms with Gasteiger partial charge in [-0.2, -0.15) is 0 Å². The average Bonchev–Trinajstić information content (AvgIpc) is 3.64. The van der Waals surface area contributed by atoms with Crippen molar-refractivity contribution < 1.29 is 19.4 Å². The fourth-order valence-electron chi connectivity index (χ4n) is 5.42. The number of benzene rings is 4. The summed E-state index contributed by atoms with van der Waals surface area (Å²) in [5.41, 5.74) is 5.45. The van der Waals surface area contributed by atoms with Gasteiger partial charge in [0.15, 0.2) is 4.34 Å². The first kappa shape index (κ1) is 32.2. The lowest BCUT2D eigenvalue weighted by molar-refractivity contribution is -0.132. The normalized spacial score (nSPS) is 16.1. The van der Waals surface area contributed by atoms with E-state index < -0.39 is 17.7 Å². The monoisotopic (exact) mass is 661 g/mol. The number of aliphatic hydroxyl groups is 1. The highest BCUT2D eigenvalue weighted by atomic mass is 32.2. The van der Waals surface area contributed by atoms with Gasteiger partial charge in [0.2, 0.25) is 5.13 Å². The van der Waals surface area contributed by atoms with E-state index in [4.69, 9.17) is 4.74 Å². The second-order valence-corrected chi connectivity index (χ2v) is 14.6. The molecule has 1 N–H and O–H groups in total. The largest absolute Gasteiger partial charge is 0.507 e. The van der Waals surface area contributed by atoms with Gasteiger partial charge < -0.3 is 9.84 Å². The predicted molar refractivity (Wildman–Crippen MR) is 188 cm³/mol. The summed E-state index contributed by atoms with van der Waals surface area (Å²) in [5, 5.41) is 20.6. The van der Waals surface area contributed by atoms with Crippen molar-refractivity contribution in [2.45, 2.75) is 55.9 Å². The Hall–Kier alpha value is -4.73. The standard InChI is InChI=1S/C38H35N3O4S2/c1-24-9-8-12-26(21-24)22-45-30-19-15-28(16-20-30)33(42)31-32(27-13-17-29(18-14-27)38(2,3)4)41(35(44)34(31)43)36-39-40-37(47-36)46-23-25-10-6-5-7-11-25/h5-21,32,42H,22-23H2,1-4H3. The molecule has 2 heterocycles. The molecule has 6 rings (SSSR count). The lowest BCUT2D eigenvalue weighted by atomic mass is 9.85. The number of aliphatic hydroxyl groups excluding tert-OH is 1. The van der Waals surface area contributed by atoms with Crippen LogP contribution in [0.1, 0.15) is 60.2 Å². The van der Waals surface area contributed by atoms with Gasteiger partial charge in [0.1, 0.15) is 18.1 Å². The van der Waals surface area contributed by atoms with Crippen LogP contribution in [0.15, 0.2) is 113 Å². The Balaban J connectivity index is 1.33. The second-order valence-electron chi connectivity index (χ2n) is 12.5. The maximum atomic E-state index is 13.7. The number of anilines is 1. The van der Waals surface area contributed by atoms with Gasteiger partial charge in [0, 0.05) is 11.3 Å². The Morgan fingerprint density at radius 1 is 0.894 bits per heavy atom. The van der Waals surface area contributed by atoms with Crippen LogP contribution in [0.25, 0.3) is 5.76 Å². The molecule has 1 fully saturated rings. The molecule has 238 valence electrons. The molecule has 1 aromatic heterocycles. The van der Waals surface area contributed by atoms with E-state index in [1.807, 2.05) is 79.7 Å². The maximum absolute atomic E-state index is 13.7. The van der Waals surface area contributed by atoms with Crippen LogP contribution < -0.4 is 9.64 Å². The number of nitrogens with zero attached hydrogens (tertiary/aromatic N) is 3. The third-order valence-electron chi connectivity index (χ3n) is 7.96. The highest BCUT2D eigenvalue weighted by Gasteiger charge is 2.48. The molecule has 9 heteroatoms. The van der Waals surface area contributed by atoms with Gasteiger partial charge in [-0.05, 0) is 58.9 Å². The van der Waals surface area contributed by atoms with Crippen molar-refractivity contribution in [3.8, 4) is 5.75 Å². The number of amides is 1. The second kappa shape index (κ2) is 13.6. The summed E-state index contributed by atoms with van der Waals surface area (Å²) in [6.45, 7) is 8.80. The highest BCUT2D eigenvalue weighted by Crippen LogP contribution is 2.44. The smallest absolute Gasteiger partial charge is 0.301 e. The Labute approximate surface area is 283 Å². The first-order chi connectivity index (χ1) is 22.6. The van der Waals surface area contributed by atoms with Gasteiger partial charge in [-0.25, -0.2) is 0 Å². The number of hydrogen-bond acceptors (Lipinski definition) is 8. The zero-order chi connectivity index (χ0) is 33.1. The highest BCUT2D eigenvalue weighted by molar-refractivity contribution is 8.00. The number of aryl methyl sites for hydroxylation is 1. The van der Waals surface area contributed by atoms with E-state index in [9.17, 15) is 14.7 Å². The number of ether oxygens (including phenoxy) is 1. The molecule has 1 saturated heterocycles. The Morgan fingerprint density at radius 3 is 2.28 bits per heavy atom. The van der Waals surface area contributed by atoms with Crippen LogP contribution in [-0.4, -0.2) is 27.0 Å².